The molecule has 1 aliphatic rings. The molecule has 7 heteroatoms. The fraction of sp³-hybridized carbons (Fsp3) is 0.500. The molecule has 0 bridgehead atoms. The molecule has 1 atom stereocenters. The van der Waals surface area contributed by atoms with Crippen LogP contribution in [-0.2, 0) is 16.0 Å². The molecule has 4 N–H and O–H groups in total. The zero-order valence-electron chi connectivity index (χ0n) is 13.1. The maximum atomic E-state index is 13.0. The largest absolute Gasteiger partial charge is 0.348 e. The summed E-state index contributed by atoms with van der Waals surface area (Å²) in [6.07, 6.45) is 2.18. The predicted octanol–water partition coefficient (Wildman–Crippen LogP) is 1.15. The third-order valence-electron chi connectivity index (χ3n) is 4.03. The topological polar surface area (TPSA) is 84.2 Å². The summed E-state index contributed by atoms with van der Waals surface area (Å²) >= 11 is 0. The lowest BCUT2D eigenvalue weighted by Crippen LogP contribution is -2.55. The molecule has 1 fully saturated rings. The highest BCUT2D eigenvalue weighted by Crippen LogP contribution is 2.38. The third-order valence-corrected chi connectivity index (χ3v) is 4.03. The second-order valence-electron chi connectivity index (χ2n) is 6.03. The normalized spacial score (nSPS) is 16.0. The van der Waals surface area contributed by atoms with Crippen LogP contribution in [-0.4, -0.2) is 30.4 Å². The number of hydrogen-bond acceptors (Lipinski definition) is 3. The van der Waals surface area contributed by atoms with Gasteiger partial charge in [-0.25, -0.2) is 4.39 Å². The van der Waals surface area contributed by atoms with E-state index in [0.29, 0.717) is 18.0 Å². The minimum atomic E-state index is -0.398. The summed E-state index contributed by atoms with van der Waals surface area (Å²) < 4.78 is 13.0. The zero-order chi connectivity index (χ0) is 16.2. The van der Waals surface area contributed by atoms with E-state index >= 15 is 0 Å². The van der Waals surface area contributed by atoms with Gasteiger partial charge < -0.3 is 16.4 Å². The highest BCUT2D eigenvalue weighted by molar-refractivity contribution is 5.86. The van der Waals surface area contributed by atoms with Crippen LogP contribution in [0.15, 0.2) is 24.3 Å². The van der Waals surface area contributed by atoms with E-state index in [1.807, 2.05) is 6.92 Å². The van der Waals surface area contributed by atoms with Gasteiger partial charge >= 0.3 is 0 Å². The number of carbonyl (C=O) groups is 2. The highest BCUT2D eigenvalue weighted by Gasteiger charge is 2.41. The molecule has 0 aromatic heterocycles. The van der Waals surface area contributed by atoms with Gasteiger partial charge in [-0.15, -0.1) is 12.4 Å². The van der Waals surface area contributed by atoms with E-state index in [0.717, 1.165) is 12.8 Å². The molecule has 0 aliphatic heterocycles. The Morgan fingerprint density at radius 1 is 1.35 bits per heavy atom. The first kappa shape index (κ1) is 19.4. The third kappa shape index (κ3) is 5.80. The number of nitrogens with two attached hydrogens (primary N) is 1. The van der Waals surface area contributed by atoms with Crippen LogP contribution in [0.25, 0.3) is 0 Å². The lowest BCUT2D eigenvalue weighted by molar-refractivity contribution is -0.126. The number of halogens is 2. The molecule has 1 aromatic rings. The number of carbonyl (C=O) groups excluding carboxylic acids is 2. The Morgan fingerprint density at radius 2 is 2.04 bits per heavy atom. The molecule has 1 unspecified atom stereocenters. The fourth-order valence-corrected chi connectivity index (χ4v) is 2.48. The van der Waals surface area contributed by atoms with Crippen LogP contribution in [0, 0.1) is 11.7 Å². The van der Waals surface area contributed by atoms with Crippen molar-refractivity contribution < 1.29 is 14.0 Å². The van der Waals surface area contributed by atoms with Crippen molar-refractivity contribution in [2.45, 2.75) is 31.7 Å². The SMILES string of the molecule is CC(CN)(NC(=O)CNC(=O)Cc1cccc(F)c1)C1CC1.Cl. The summed E-state index contributed by atoms with van der Waals surface area (Å²) in [5.41, 5.74) is 5.90. The van der Waals surface area contributed by atoms with Gasteiger partial charge in [0.2, 0.25) is 11.8 Å². The predicted molar refractivity (Wildman–Crippen MR) is 88.7 cm³/mol. The zero-order valence-corrected chi connectivity index (χ0v) is 13.9. The average molecular weight is 344 g/mol. The molecule has 0 spiro atoms. The van der Waals surface area contributed by atoms with Crippen molar-refractivity contribution in [2.75, 3.05) is 13.1 Å². The standard InChI is InChI=1S/C16H22FN3O2.ClH/c1-16(10-18,12-5-6-12)20-15(22)9-19-14(21)8-11-3-2-4-13(17)7-11;/h2-4,7,12H,5-6,8-10,18H2,1H3,(H,19,21)(H,20,22);1H. The van der Waals surface area contributed by atoms with Gasteiger partial charge in [0.05, 0.1) is 18.5 Å². The quantitative estimate of drug-likeness (QED) is 0.694. The van der Waals surface area contributed by atoms with E-state index in [1.165, 1.54) is 12.1 Å². The molecule has 1 aliphatic carbocycles. The number of benzene rings is 1. The van der Waals surface area contributed by atoms with E-state index in [4.69, 9.17) is 5.73 Å². The summed E-state index contributed by atoms with van der Waals surface area (Å²) in [6.45, 7) is 2.20. The first-order valence-electron chi connectivity index (χ1n) is 7.45. The van der Waals surface area contributed by atoms with Crippen molar-refractivity contribution in [1.82, 2.24) is 10.6 Å². The van der Waals surface area contributed by atoms with Crippen LogP contribution in [0.2, 0.25) is 0 Å². The number of nitrogens with one attached hydrogen (secondary N) is 2. The Kier molecular flexibility index (Phi) is 6.97. The van der Waals surface area contributed by atoms with Gasteiger partial charge in [0, 0.05) is 6.54 Å². The van der Waals surface area contributed by atoms with Crippen LogP contribution in [0.1, 0.15) is 25.3 Å². The van der Waals surface area contributed by atoms with Gasteiger partial charge in [-0.05, 0) is 43.4 Å². The fourth-order valence-electron chi connectivity index (χ4n) is 2.48. The van der Waals surface area contributed by atoms with Gasteiger partial charge in [-0.2, -0.15) is 0 Å². The Hall–Kier alpha value is -1.66. The number of rotatable bonds is 7. The van der Waals surface area contributed by atoms with Crippen LogP contribution in [0.4, 0.5) is 4.39 Å². The first-order chi connectivity index (χ1) is 10.4. The van der Waals surface area contributed by atoms with Crippen molar-refractivity contribution in [3.8, 4) is 0 Å². The molecule has 0 heterocycles. The van der Waals surface area contributed by atoms with Crippen LogP contribution < -0.4 is 16.4 Å². The van der Waals surface area contributed by atoms with Gasteiger partial charge in [0.15, 0.2) is 0 Å². The molecule has 1 aromatic carbocycles. The summed E-state index contributed by atoms with van der Waals surface area (Å²) in [5.74, 6) is -0.537. The van der Waals surface area contributed by atoms with Crippen molar-refractivity contribution in [2.24, 2.45) is 11.7 Å². The van der Waals surface area contributed by atoms with Crippen LogP contribution in [0.3, 0.4) is 0 Å². The Morgan fingerprint density at radius 3 is 2.61 bits per heavy atom. The Labute approximate surface area is 141 Å². The van der Waals surface area contributed by atoms with Crippen LogP contribution in [0.5, 0.6) is 0 Å². The second-order valence-corrected chi connectivity index (χ2v) is 6.03. The van der Waals surface area contributed by atoms with E-state index < -0.39 is 5.54 Å². The highest BCUT2D eigenvalue weighted by atomic mass is 35.5. The number of amides is 2. The Balaban J connectivity index is 0.00000264. The minimum Gasteiger partial charge on any atom is -0.348 e. The van der Waals surface area contributed by atoms with E-state index in [2.05, 4.69) is 10.6 Å². The summed E-state index contributed by atoms with van der Waals surface area (Å²) in [5, 5.41) is 5.44. The lowest BCUT2D eigenvalue weighted by atomic mass is 9.96. The van der Waals surface area contributed by atoms with Crippen molar-refractivity contribution in [3.63, 3.8) is 0 Å². The summed E-state index contributed by atoms with van der Waals surface area (Å²) in [7, 11) is 0. The van der Waals surface area contributed by atoms with Gasteiger partial charge in [0.25, 0.3) is 0 Å². The lowest BCUT2D eigenvalue weighted by Gasteiger charge is -2.29. The molecule has 128 valence electrons. The summed E-state index contributed by atoms with van der Waals surface area (Å²) in [4.78, 5) is 23.7. The molecule has 2 rings (SSSR count). The van der Waals surface area contributed by atoms with E-state index in [1.54, 1.807) is 12.1 Å². The first-order valence-corrected chi connectivity index (χ1v) is 7.45. The van der Waals surface area contributed by atoms with E-state index in [9.17, 15) is 14.0 Å². The van der Waals surface area contributed by atoms with Gasteiger partial charge in [0.1, 0.15) is 5.82 Å². The van der Waals surface area contributed by atoms with Gasteiger partial charge in [-0.1, -0.05) is 12.1 Å². The molecule has 1 saturated carbocycles. The molecular weight excluding hydrogens is 321 g/mol. The van der Waals surface area contributed by atoms with Crippen molar-refractivity contribution in [3.05, 3.63) is 35.6 Å². The molecular formula is C16H23ClFN3O2. The smallest absolute Gasteiger partial charge is 0.239 e. The van der Waals surface area contributed by atoms with Crippen LogP contribution >= 0.6 is 12.4 Å². The molecule has 23 heavy (non-hydrogen) atoms. The monoisotopic (exact) mass is 343 g/mol. The Bertz CT molecular complexity index is 566. The second kappa shape index (κ2) is 8.26. The van der Waals surface area contributed by atoms with E-state index in [-0.39, 0.29) is 43.0 Å². The molecule has 2 amide bonds. The maximum absolute atomic E-state index is 13.0. The minimum absolute atomic E-state index is 0. The van der Waals surface area contributed by atoms with Gasteiger partial charge in [-0.3, -0.25) is 9.59 Å². The molecule has 0 radical (unpaired) electrons. The summed E-state index contributed by atoms with van der Waals surface area (Å²) in [6, 6.07) is 5.84. The molecule has 5 nitrogen and oxygen atoms in total. The maximum Gasteiger partial charge on any atom is 0.239 e. The van der Waals surface area contributed by atoms with Crippen molar-refractivity contribution >= 4 is 24.2 Å². The molecule has 0 saturated heterocycles. The average Bonchev–Trinajstić information content (AvgIpc) is 3.30. The number of hydrogen-bond donors (Lipinski definition) is 3. The van der Waals surface area contributed by atoms with Crippen molar-refractivity contribution in [1.29, 1.82) is 0 Å².